The van der Waals surface area contributed by atoms with E-state index in [0.29, 0.717) is 5.56 Å². The number of ether oxygens (including phenoxy) is 6. The predicted molar refractivity (Wildman–Crippen MR) is 219 cm³/mol. The Morgan fingerprint density at radius 2 is 1.44 bits per heavy atom. The van der Waals surface area contributed by atoms with Gasteiger partial charge in [-0.2, -0.15) is 0 Å². The number of esters is 3. The molecule has 3 aromatic rings. The van der Waals surface area contributed by atoms with Crippen LogP contribution in [0.25, 0.3) is 0 Å². The van der Waals surface area contributed by atoms with Crippen LogP contribution in [0.5, 0.6) is 0 Å². The van der Waals surface area contributed by atoms with Gasteiger partial charge in [0.05, 0.1) is 42.8 Å². The zero-order valence-electron chi connectivity index (χ0n) is 35.6. The Bertz CT molecular complexity index is 2300. The molecule has 1 saturated heterocycles. The highest BCUT2D eigenvalue weighted by atomic mass is 16.8. The van der Waals surface area contributed by atoms with Gasteiger partial charge in [-0.1, -0.05) is 80.6 Å². The number of aliphatic hydroxyl groups is 3. The van der Waals surface area contributed by atoms with Gasteiger partial charge in [-0.3, -0.25) is 14.4 Å². The molecule has 334 valence electrons. The van der Waals surface area contributed by atoms with Crippen molar-refractivity contribution in [2.45, 2.75) is 101 Å². The van der Waals surface area contributed by atoms with Crippen molar-refractivity contribution in [1.29, 1.82) is 0 Å². The summed E-state index contributed by atoms with van der Waals surface area (Å²) in [7, 11) is 1.07. The molecule has 1 amide bonds. The van der Waals surface area contributed by atoms with Gasteiger partial charge in [-0.05, 0) is 54.8 Å². The Morgan fingerprint density at radius 3 is 2.00 bits per heavy atom. The fourth-order valence-corrected chi connectivity index (χ4v) is 10.1. The lowest BCUT2D eigenvalue weighted by Crippen LogP contribution is -2.82. The van der Waals surface area contributed by atoms with Crippen LogP contribution in [0.15, 0.2) is 102 Å². The molecule has 3 aliphatic carbocycles. The summed E-state index contributed by atoms with van der Waals surface area (Å²) in [6, 6.07) is 22.8. The molecule has 11 atom stereocenters. The van der Waals surface area contributed by atoms with E-state index >= 15 is 4.79 Å². The molecule has 16 heteroatoms. The number of fused-ring (bicyclic) bond motifs is 5. The Labute approximate surface area is 363 Å². The predicted octanol–water partition coefficient (Wildman–Crippen LogP) is 3.96. The summed E-state index contributed by atoms with van der Waals surface area (Å²) in [6.45, 7) is 6.66. The van der Waals surface area contributed by atoms with E-state index < -0.39 is 113 Å². The zero-order chi connectivity index (χ0) is 45.6. The zero-order valence-corrected chi connectivity index (χ0v) is 35.6. The number of rotatable bonds is 10. The molecule has 63 heavy (non-hydrogen) atoms. The normalized spacial score (nSPS) is 31.5. The maximum atomic E-state index is 15.5. The van der Waals surface area contributed by atoms with Crippen molar-refractivity contribution in [2.24, 2.45) is 16.7 Å². The first-order chi connectivity index (χ1) is 29.8. The molecule has 3 fully saturated rings. The van der Waals surface area contributed by atoms with Crippen molar-refractivity contribution in [3.63, 3.8) is 0 Å². The average molecular weight is 870 g/mol. The lowest BCUT2D eigenvalue weighted by Gasteiger charge is -2.67. The molecule has 1 aliphatic heterocycles. The van der Waals surface area contributed by atoms with Crippen LogP contribution < -0.4 is 5.32 Å². The van der Waals surface area contributed by atoms with E-state index in [9.17, 15) is 39.3 Å². The monoisotopic (exact) mass is 869 g/mol. The largest absolute Gasteiger partial charge is 0.508 e. The first-order valence-electron chi connectivity index (χ1n) is 20.6. The lowest BCUT2D eigenvalue weighted by molar-refractivity contribution is -0.344. The number of hydrogen-bond donors (Lipinski definition) is 4. The van der Waals surface area contributed by atoms with Crippen molar-refractivity contribution in [3.05, 3.63) is 119 Å². The smallest absolute Gasteiger partial charge is 0.456 e. The minimum atomic E-state index is -2.43. The molecule has 2 saturated carbocycles. The van der Waals surface area contributed by atoms with Crippen LogP contribution >= 0.6 is 0 Å². The number of benzene rings is 3. The number of Topliss-reactive ketones (excluding diaryl/α,β-unsaturated/α-hetero) is 1. The van der Waals surface area contributed by atoms with Crippen LogP contribution in [-0.2, 0) is 42.8 Å². The van der Waals surface area contributed by atoms with Crippen LogP contribution in [0, 0.1) is 16.7 Å². The molecule has 1 heterocycles. The Morgan fingerprint density at radius 1 is 0.857 bits per heavy atom. The average Bonchev–Trinajstić information content (AvgIpc) is 3.26. The van der Waals surface area contributed by atoms with E-state index in [-0.39, 0.29) is 35.3 Å². The van der Waals surface area contributed by atoms with E-state index in [1.165, 1.54) is 26.0 Å². The van der Waals surface area contributed by atoms with Crippen molar-refractivity contribution in [3.8, 4) is 0 Å². The molecular weight excluding hydrogens is 819 g/mol. The van der Waals surface area contributed by atoms with Crippen LogP contribution in [0.1, 0.15) is 79.8 Å². The Hall–Kier alpha value is -5.94. The first kappa shape index (κ1) is 45.1. The summed E-state index contributed by atoms with van der Waals surface area (Å²) in [5, 5.41) is 40.3. The minimum Gasteiger partial charge on any atom is -0.456 e. The quantitative estimate of drug-likeness (QED) is 0.128. The molecule has 7 rings (SSSR count). The van der Waals surface area contributed by atoms with E-state index in [1.54, 1.807) is 92.7 Å². The lowest BCUT2D eigenvalue weighted by atomic mass is 9.44. The standard InChI is InChI=1S/C47H51NO15/c1-25-30(61-42(55)35(51)34(27-16-10-7-11-17-27)48-40(53)28-18-12-8-13-19-28)23-47(57)39(62-41(54)29-20-14-9-15-21-29)37-45(5,38(52)36(60-26(2)49)33(25)44(47,3)4)31(50)22-32-46(37,24-59-32)63-43(56)58-6/h7-21,30-32,34-37,39,50-51,57H,22-24H2,1-6H3,(H,48,53)/t30-,31-,32+,34?,35+,36+,37-,39-,45+,46-,47+/m0/s1. The minimum absolute atomic E-state index is 0.0247. The van der Waals surface area contributed by atoms with Crippen molar-refractivity contribution < 1.29 is 72.5 Å². The fraction of sp³-hybridized carbons (Fsp3) is 0.447. The maximum absolute atomic E-state index is 15.5. The van der Waals surface area contributed by atoms with Crippen LogP contribution in [0.2, 0.25) is 0 Å². The number of carbonyl (C=O) groups is 6. The van der Waals surface area contributed by atoms with Crippen LogP contribution in [0.3, 0.4) is 0 Å². The van der Waals surface area contributed by atoms with Gasteiger partial charge in [-0.25, -0.2) is 14.4 Å². The maximum Gasteiger partial charge on any atom is 0.508 e. The number of carbonyl (C=O) groups excluding carboxylic acids is 6. The molecule has 4 N–H and O–H groups in total. The van der Waals surface area contributed by atoms with Gasteiger partial charge in [0, 0.05) is 30.7 Å². The van der Waals surface area contributed by atoms with Crippen molar-refractivity contribution in [1.82, 2.24) is 5.32 Å². The van der Waals surface area contributed by atoms with Gasteiger partial charge in [0.25, 0.3) is 5.91 Å². The molecule has 3 aromatic carbocycles. The number of aliphatic hydroxyl groups excluding tert-OH is 2. The third kappa shape index (κ3) is 7.58. The summed E-state index contributed by atoms with van der Waals surface area (Å²) in [5.74, 6) is -6.24. The molecule has 0 radical (unpaired) electrons. The number of methoxy groups -OCH3 is 1. The number of amides is 1. The topological polar surface area (TPSA) is 231 Å². The van der Waals surface area contributed by atoms with Crippen molar-refractivity contribution >= 4 is 35.8 Å². The first-order valence-corrected chi connectivity index (χ1v) is 20.6. The van der Waals surface area contributed by atoms with E-state index in [0.717, 1.165) is 14.0 Å². The molecule has 2 bridgehead atoms. The molecular formula is C47H51NO15. The fourth-order valence-electron chi connectivity index (χ4n) is 10.1. The van der Waals surface area contributed by atoms with Gasteiger partial charge in [0.2, 0.25) is 0 Å². The van der Waals surface area contributed by atoms with Gasteiger partial charge >= 0.3 is 24.1 Å². The summed E-state index contributed by atoms with van der Waals surface area (Å²) in [4.78, 5) is 83.7. The van der Waals surface area contributed by atoms with E-state index in [4.69, 9.17) is 28.4 Å². The highest BCUT2D eigenvalue weighted by molar-refractivity contribution is 5.96. The number of nitrogens with one attached hydrogen (secondary N) is 1. The summed E-state index contributed by atoms with van der Waals surface area (Å²) < 4.78 is 35.1. The van der Waals surface area contributed by atoms with E-state index in [2.05, 4.69) is 5.32 Å². The molecule has 0 aromatic heterocycles. The van der Waals surface area contributed by atoms with Crippen LogP contribution in [-0.4, -0.2) is 113 Å². The number of hydrogen-bond acceptors (Lipinski definition) is 15. The molecule has 0 spiro atoms. The Kier molecular flexibility index (Phi) is 12.2. The second-order valence-electron chi connectivity index (χ2n) is 17.3. The van der Waals surface area contributed by atoms with Gasteiger partial charge in [0.1, 0.15) is 23.9 Å². The van der Waals surface area contributed by atoms with Gasteiger partial charge in [-0.15, -0.1) is 0 Å². The SMILES string of the molecule is COC(=O)O[C@@]12CO[C@@H]1C[C@H](O)[C@@]1(C)C(=O)[C@H](OC(C)=O)C3=C(C)[C@@H](OC(=O)[C@H](O)C(NC(=O)c4ccccc4)c4ccccc4)C[C@@](O)([C@@H](OC(=O)c4ccccc4)[C@H]21)C3(C)C. The van der Waals surface area contributed by atoms with Gasteiger partial charge < -0.3 is 49.1 Å². The van der Waals surface area contributed by atoms with Crippen molar-refractivity contribution in [2.75, 3.05) is 13.7 Å². The summed E-state index contributed by atoms with van der Waals surface area (Å²) in [6.07, 6.45) is -12.0. The highest BCUT2D eigenvalue weighted by Crippen LogP contribution is 2.64. The van der Waals surface area contributed by atoms with E-state index in [1.807, 2.05) is 0 Å². The van der Waals surface area contributed by atoms with Crippen LogP contribution in [0.4, 0.5) is 4.79 Å². The summed E-state index contributed by atoms with van der Waals surface area (Å²) in [5.41, 5.74) is -7.35. The third-order valence-electron chi connectivity index (χ3n) is 13.6. The number of ketones is 1. The highest BCUT2D eigenvalue weighted by Gasteiger charge is 2.78. The third-order valence-corrected chi connectivity index (χ3v) is 13.6. The molecule has 16 nitrogen and oxygen atoms in total. The second-order valence-corrected chi connectivity index (χ2v) is 17.3. The Balaban J connectivity index is 1.39. The summed E-state index contributed by atoms with van der Waals surface area (Å²) >= 11 is 0. The molecule has 4 aliphatic rings. The molecule has 1 unspecified atom stereocenters. The second kappa shape index (κ2) is 17.0. The van der Waals surface area contributed by atoms with Gasteiger partial charge in [0.15, 0.2) is 23.6 Å².